The van der Waals surface area contributed by atoms with Crippen LogP contribution in [0.2, 0.25) is 0 Å². The Bertz CT molecular complexity index is 308. The van der Waals surface area contributed by atoms with Gasteiger partial charge in [-0.15, -0.1) is 0 Å². The molecule has 1 aliphatic rings. The zero-order chi connectivity index (χ0) is 13.5. The van der Waals surface area contributed by atoms with E-state index in [-0.39, 0.29) is 0 Å². The summed E-state index contributed by atoms with van der Waals surface area (Å²) in [5.41, 5.74) is 1.16. The Balaban J connectivity index is 2.62. The zero-order valence-corrected chi connectivity index (χ0v) is 12.7. The molecule has 0 N–H and O–H groups in total. The van der Waals surface area contributed by atoms with Gasteiger partial charge in [0.1, 0.15) is 0 Å². The summed E-state index contributed by atoms with van der Waals surface area (Å²) >= 11 is 0. The Hall–Kier alpha value is -0.780. The van der Waals surface area contributed by atoms with E-state index in [1.165, 1.54) is 25.7 Å². The van der Waals surface area contributed by atoms with Crippen molar-refractivity contribution in [2.24, 2.45) is 23.7 Å². The lowest BCUT2D eigenvalue weighted by molar-refractivity contribution is 0.365. The van der Waals surface area contributed by atoms with Crippen LogP contribution >= 0.6 is 0 Å². The third-order valence-corrected chi connectivity index (χ3v) is 4.10. The molecule has 0 aromatic rings. The first-order chi connectivity index (χ1) is 8.54. The standard InChI is InChI=1S/C18H30/c1-6-7-8-9-17-12-15(4)13-18(17)16(5)11-10-14(2)3/h8-11,15-18H,2,6-7,12-13H2,1,3-5H3/b9-8+,11-10+/t15-,16+,17?,18?/m0/s1. The highest BCUT2D eigenvalue weighted by Crippen LogP contribution is 2.41. The van der Waals surface area contributed by atoms with Gasteiger partial charge in [0.25, 0.3) is 0 Å². The van der Waals surface area contributed by atoms with E-state index in [1.807, 2.05) is 0 Å². The monoisotopic (exact) mass is 246 g/mol. The summed E-state index contributed by atoms with van der Waals surface area (Å²) in [5, 5.41) is 0. The van der Waals surface area contributed by atoms with Gasteiger partial charge in [-0.3, -0.25) is 0 Å². The van der Waals surface area contributed by atoms with Crippen LogP contribution in [0.5, 0.6) is 0 Å². The molecule has 0 bridgehead atoms. The van der Waals surface area contributed by atoms with Crippen LogP contribution in [0.25, 0.3) is 0 Å². The van der Waals surface area contributed by atoms with Gasteiger partial charge in [0.05, 0.1) is 0 Å². The summed E-state index contributed by atoms with van der Waals surface area (Å²) in [7, 11) is 0. The quantitative estimate of drug-likeness (QED) is 0.412. The lowest BCUT2D eigenvalue weighted by Crippen LogP contribution is -2.13. The average molecular weight is 246 g/mol. The van der Waals surface area contributed by atoms with E-state index in [0.29, 0.717) is 5.92 Å². The highest BCUT2D eigenvalue weighted by molar-refractivity contribution is 5.13. The summed E-state index contributed by atoms with van der Waals surface area (Å²) in [4.78, 5) is 0. The minimum absolute atomic E-state index is 0.669. The van der Waals surface area contributed by atoms with Gasteiger partial charge in [0.2, 0.25) is 0 Å². The summed E-state index contributed by atoms with van der Waals surface area (Å²) in [5.74, 6) is 3.16. The molecule has 18 heavy (non-hydrogen) atoms. The molecule has 102 valence electrons. The molecule has 0 aliphatic heterocycles. The predicted molar refractivity (Wildman–Crippen MR) is 82.5 cm³/mol. The van der Waals surface area contributed by atoms with Crippen LogP contribution in [0.15, 0.2) is 36.5 Å². The normalized spacial score (nSPS) is 30.3. The summed E-state index contributed by atoms with van der Waals surface area (Å²) < 4.78 is 0. The number of unbranched alkanes of at least 4 members (excludes halogenated alkanes) is 1. The van der Waals surface area contributed by atoms with E-state index < -0.39 is 0 Å². The Morgan fingerprint density at radius 2 is 2.11 bits per heavy atom. The molecule has 1 saturated carbocycles. The van der Waals surface area contributed by atoms with Crippen molar-refractivity contribution in [3.05, 3.63) is 36.5 Å². The predicted octanol–water partition coefficient (Wildman–Crippen LogP) is 5.77. The van der Waals surface area contributed by atoms with Crippen LogP contribution in [0.4, 0.5) is 0 Å². The van der Waals surface area contributed by atoms with E-state index in [9.17, 15) is 0 Å². The Morgan fingerprint density at radius 1 is 1.39 bits per heavy atom. The fourth-order valence-corrected chi connectivity index (χ4v) is 3.10. The second kappa shape index (κ2) is 7.61. The fourth-order valence-electron chi connectivity index (χ4n) is 3.10. The van der Waals surface area contributed by atoms with Crippen LogP contribution < -0.4 is 0 Å². The number of hydrogen-bond donors (Lipinski definition) is 0. The molecule has 2 unspecified atom stereocenters. The highest BCUT2D eigenvalue weighted by atomic mass is 14.4. The first-order valence-corrected chi connectivity index (χ1v) is 7.55. The average Bonchev–Trinajstić information content (AvgIpc) is 2.68. The smallest absolute Gasteiger partial charge is 0.0197 e. The summed E-state index contributed by atoms with van der Waals surface area (Å²) in [6.07, 6.45) is 14.7. The molecule has 0 aromatic carbocycles. The molecule has 0 saturated heterocycles. The Morgan fingerprint density at radius 3 is 2.72 bits per heavy atom. The van der Waals surface area contributed by atoms with Crippen LogP contribution in [-0.4, -0.2) is 0 Å². The van der Waals surface area contributed by atoms with E-state index in [0.717, 1.165) is 23.3 Å². The lowest BCUT2D eigenvalue weighted by Gasteiger charge is -2.21. The first-order valence-electron chi connectivity index (χ1n) is 7.55. The van der Waals surface area contributed by atoms with Crippen molar-refractivity contribution in [3.63, 3.8) is 0 Å². The number of allylic oxidation sites excluding steroid dienone is 5. The third kappa shape index (κ3) is 4.84. The van der Waals surface area contributed by atoms with E-state index in [1.54, 1.807) is 0 Å². The molecule has 4 atom stereocenters. The fraction of sp³-hybridized carbons (Fsp3) is 0.667. The van der Waals surface area contributed by atoms with Gasteiger partial charge in [0.15, 0.2) is 0 Å². The van der Waals surface area contributed by atoms with Crippen molar-refractivity contribution < 1.29 is 0 Å². The zero-order valence-electron chi connectivity index (χ0n) is 12.7. The van der Waals surface area contributed by atoms with Crippen LogP contribution in [0.1, 0.15) is 53.4 Å². The maximum Gasteiger partial charge on any atom is -0.0197 e. The van der Waals surface area contributed by atoms with Crippen molar-refractivity contribution in [1.29, 1.82) is 0 Å². The maximum atomic E-state index is 3.95. The van der Waals surface area contributed by atoms with Gasteiger partial charge in [-0.2, -0.15) is 0 Å². The molecule has 0 heteroatoms. The van der Waals surface area contributed by atoms with Crippen LogP contribution in [0.3, 0.4) is 0 Å². The Labute approximate surface area is 114 Å². The molecule has 0 spiro atoms. The lowest BCUT2D eigenvalue weighted by atomic mass is 9.84. The largest absolute Gasteiger partial charge is 0.0961 e. The maximum absolute atomic E-state index is 3.95. The second-order valence-electron chi connectivity index (χ2n) is 6.19. The molecule has 1 fully saturated rings. The van der Waals surface area contributed by atoms with Crippen molar-refractivity contribution in [2.75, 3.05) is 0 Å². The minimum atomic E-state index is 0.669. The topological polar surface area (TPSA) is 0 Å². The molecule has 1 aliphatic carbocycles. The molecule has 0 amide bonds. The molecular formula is C18H30. The molecule has 0 aromatic heterocycles. The Kier molecular flexibility index (Phi) is 6.46. The first kappa shape index (κ1) is 15.3. The van der Waals surface area contributed by atoms with Crippen molar-refractivity contribution >= 4 is 0 Å². The van der Waals surface area contributed by atoms with Crippen molar-refractivity contribution in [1.82, 2.24) is 0 Å². The van der Waals surface area contributed by atoms with E-state index in [2.05, 4.69) is 58.6 Å². The van der Waals surface area contributed by atoms with Gasteiger partial charge in [0, 0.05) is 0 Å². The highest BCUT2D eigenvalue weighted by Gasteiger charge is 2.32. The van der Waals surface area contributed by atoms with Gasteiger partial charge in [-0.25, -0.2) is 0 Å². The third-order valence-electron chi connectivity index (χ3n) is 4.10. The van der Waals surface area contributed by atoms with Crippen molar-refractivity contribution in [2.45, 2.75) is 53.4 Å². The van der Waals surface area contributed by atoms with E-state index in [4.69, 9.17) is 0 Å². The van der Waals surface area contributed by atoms with Gasteiger partial charge < -0.3 is 0 Å². The molecule has 0 heterocycles. The molecular weight excluding hydrogens is 216 g/mol. The molecule has 0 nitrogen and oxygen atoms in total. The molecule has 0 radical (unpaired) electrons. The minimum Gasteiger partial charge on any atom is -0.0961 e. The number of rotatable bonds is 6. The van der Waals surface area contributed by atoms with Crippen molar-refractivity contribution in [3.8, 4) is 0 Å². The second-order valence-corrected chi connectivity index (χ2v) is 6.19. The van der Waals surface area contributed by atoms with Crippen LogP contribution in [-0.2, 0) is 0 Å². The summed E-state index contributed by atoms with van der Waals surface area (Å²) in [6.45, 7) is 13.0. The van der Waals surface area contributed by atoms with Crippen LogP contribution in [0, 0.1) is 23.7 Å². The number of hydrogen-bond acceptors (Lipinski definition) is 0. The SMILES string of the molecule is C=C(C)/C=C/[C@@H](C)C1C[C@@H](C)CC1/C=C/CCC. The van der Waals surface area contributed by atoms with Gasteiger partial charge in [-0.05, 0) is 49.9 Å². The molecule has 1 rings (SSSR count). The summed E-state index contributed by atoms with van der Waals surface area (Å²) in [6, 6.07) is 0. The van der Waals surface area contributed by atoms with Gasteiger partial charge >= 0.3 is 0 Å². The van der Waals surface area contributed by atoms with E-state index >= 15 is 0 Å². The van der Waals surface area contributed by atoms with Gasteiger partial charge in [-0.1, -0.05) is 63.6 Å².